The molecule has 0 aliphatic heterocycles. The van der Waals surface area contributed by atoms with Crippen molar-refractivity contribution < 1.29 is 4.74 Å². The first kappa shape index (κ1) is 10.9. The maximum Gasteiger partial charge on any atom is 0.0589 e. The van der Waals surface area contributed by atoms with Crippen molar-refractivity contribution in [1.29, 1.82) is 0 Å². The Labute approximate surface area is 70.5 Å². The molecular weight excluding hydrogens is 138 g/mol. The summed E-state index contributed by atoms with van der Waals surface area (Å²) in [6, 6.07) is 0. The van der Waals surface area contributed by atoms with Crippen molar-refractivity contribution >= 4 is 0 Å². The number of hydrogen-bond acceptors (Lipinski definition) is 2. The van der Waals surface area contributed by atoms with Crippen LogP contribution in [0.25, 0.3) is 0 Å². The summed E-state index contributed by atoms with van der Waals surface area (Å²) in [6.45, 7) is 9.03. The quantitative estimate of drug-likeness (QED) is 0.579. The summed E-state index contributed by atoms with van der Waals surface area (Å²) in [6.07, 6.45) is 1.01. The van der Waals surface area contributed by atoms with Gasteiger partial charge in [0.1, 0.15) is 0 Å². The second kappa shape index (κ2) is 6.62. The molecule has 0 aliphatic carbocycles. The first-order valence-electron chi connectivity index (χ1n) is 4.17. The lowest BCUT2D eigenvalue weighted by atomic mass is 10.1. The summed E-state index contributed by atoms with van der Waals surface area (Å²) >= 11 is 0. The molecule has 2 nitrogen and oxygen atoms in total. The second-order valence-electron chi connectivity index (χ2n) is 3.15. The molecule has 1 unspecified atom stereocenters. The number of rotatable bonds is 6. The molecule has 0 bridgehead atoms. The van der Waals surface area contributed by atoms with E-state index in [4.69, 9.17) is 4.74 Å². The fraction of sp³-hybridized carbons (Fsp3) is 0.889. The predicted molar refractivity (Wildman–Crippen MR) is 48.5 cm³/mol. The standard InChI is InChI=1S/C9H20NO/c1-5-9(2)8-10(3)6-7-11-4/h9H,1,5-8H2,2-4H3. The van der Waals surface area contributed by atoms with Crippen LogP contribution >= 0.6 is 0 Å². The Morgan fingerprint density at radius 1 is 1.55 bits per heavy atom. The van der Waals surface area contributed by atoms with Crippen LogP contribution in [0.4, 0.5) is 0 Å². The summed E-state index contributed by atoms with van der Waals surface area (Å²) in [7, 11) is 3.85. The highest BCUT2D eigenvalue weighted by Gasteiger charge is 2.02. The van der Waals surface area contributed by atoms with Gasteiger partial charge in [-0.15, -0.1) is 0 Å². The normalized spacial score (nSPS) is 13.9. The zero-order valence-electron chi connectivity index (χ0n) is 7.97. The van der Waals surface area contributed by atoms with E-state index in [1.54, 1.807) is 7.11 Å². The van der Waals surface area contributed by atoms with Crippen molar-refractivity contribution in [3.63, 3.8) is 0 Å². The van der Waals surface area contributed by atoms with Crippen molar-refractivity contribution in [2.75, 3.05) is 33.9 Å². The lowest BCUT2D eigenvalue weighted by molar-refractivity contribution is 0.154. The van der Waals surface area contributed by atoms with E-state index in [0.717, 1.165) is 26.1 Å². The summed E-state index contributed by atoms with van der Waals surface area (Å²) in [5, 5.41) is 0. The largest absolute Gasteiger partial charge is 0.383 e. The highest BCUT2D eigenvalue weighted by Crippen LogP contribution is 2.01. The highest BCUT2D eigenvalue weighted by molar-refractivity contribution is 4.59. The predicted octanol–water partition coefficient (Wildman–Crippen LogP) is 1.42. The zero-order valence-corrected chi connectivity index (χ0v) is 7.97. The summed E-state index contributed by atoms with van der Waals surface area (Å²) in [4.78, 5) is 2.28. The first-order chi connectivity index (χ1) is 5.20. The van der Waals surface area contributed by atoms with Gasteiger partial charge in [0.2, 0.25) is 0 Å². The third-order valence-electron chi connectivity index (χ3n) is 1.79. The minimum Gasteiger partial charge on any atom is -0.383 e. The van der Waals surface area contributed by atoms with Crippen molar-refractivity contribution in [3.05, 3.63) is 6.92 Å². The molecule has 0 fully saturated rings. The Bertz CT molecular complexity index is 85.6. The Kier molecular flexibility index (Phi) is 6.57. The summed E-state index contributed by atoms with van der Waals surface area (Å²) < 4.78 is 4.97. The number of likely N-dealkylation sites (N-methyl/N-ethyl adjacent to an activating group) is 1. The molecule has 0 spiro atoms. The van der Waals surface area contributed by atoms with Crippen molar-refractivity contribution in [3.8, 4) is 0 Å². The van der Waals surface area contributed by atoms with Crippen molar-refractivity contribution in [1.82, 2.24) is 4.90 Å². The SMILES string of the molecule is [CH2]CC(C)CN(C)CCOC. The fourth-order valence-corrected chi connectivity index (χ4v) is 0.962. The lowest BCUT2D eigenvalue weighted by Gasteiger charge is -2.19. The zero-order chi connectivity index (χ0) is 8.69. The Hall–Kier alpha value is -0.0800. The summed E-state index contributed by atoms with van der Waals surface area (Å²) in [5.74, 6) is 0.692. The molecule has 0 aromatic carbocycles. The molecule has 0 aromatic heterocycles. The molecule has 1 atom stereocenters. The van der Waals surface area contributed by atoms with Crippen LogP contribution in [-0.2, 0) is 4.74 Å². The number of hydrogen-bond donors (Lipinski definition) is 0. The van der Waals surface area contributed by atoms with Crippen LogP contribution in [0.15, 0.2) is 0 Å². The van der Waals surface area contributed by atoms with E-state index in [2.05, 4.69) is 25.8 Å². The van der Waals surface area contributed by atoms with Gasteiger partial charge >= 0.3 is 0 Å². The van der Waals surface area contributed by atoms with Crippen LogP contribution in [0.5, 0.6) is 0 Å². The molecule has 2 heteroatoms. The molecule has 0 amide bonds. The number of ether oxygens (including phenoxy) is 1. The third kappa shape index (κ3) is 6.32. The molecule has 67 valence electrons. The average Bonchev–Trinajstić information content (AvgIpc) is 2.00. The number of nitrogens with zero attached hydrogens (tertiary/aromatic N) is 1. The minimum absolute atomic E-state index is 0.692. The van der Waals surface area contributed by atoms with E-state index in [-0.39, 0.29) is 0 Å². The molecule has 0 saturated heterocycles. The maximum absolute atomic E-state index is 4.97. The fourth-order valence-electron chi connectivity index (χ4n) is 0.962. The minimum atomic E-state index is 0.692. The molecule has 1 radical (unpaired) electrons. The smallest absolute Gasteiger partial charge is 0.0589 e. The molecule has 0 aromatic rings. The van der Waals surface area contributed by atoms with Gasteiger partial charge in [-0.3, -0.25) is 0 Å². The van der Waals surface area contributed by atoms with Gasteiger partial charge in [-0.1, -0.05) is 13.8 Å². The monoisotopic (exact) mass is 158 g/mol. The topological polar surface area (TPSA) is 12.5 Å². The second-order valence-corrected chi connectivity index (χ2v) is 3.15. The van der Waals surface area contributed by atoms with Gasteiger partial charge < -0.3 is 9.64 Å². The molecular formula is C9H20NO. The van der Waals surface area contributed by atoms with Gasteiger partial charge in [-0.2, -0.15) is 0 Å². The molecule has 0 aliphatic rings. The highest BCUT2D eigenvalue weighted by atomic mass is 16.5. The van der Waals surface area contributed by atoms with Gasteiger partial charge in [-0.25, -0.2) is 0 Å². The van der Waals surface area contributed by atoms with Crippen LogP contribution in [0.1, 0.15) is 13.3 Å². The Morgan fingerprint density at radius 3 is 2.64 bits per heavy atom. The average molecular weight is 158 g/mol. The van der Waals surface area contributed by atoms with Crippen molar-refractivity contribution in [2.24, 2.45) is 5.92 Å². The van der Waals surface area contributed by atoms with Crippen LogP contribution in [-0.4, -0.2) is 38.8 Å². The van der Waals surface area contributed by atoms with E-state index in [9.17, 15) is 0 Å². The van der Waals surface area contributed by atoms with E-state index in [1.807, 2.05) is 0 Å². The summed E-state index contributed by atoms with van der Waals surface area (Å²) in [5.41, 5.74) is 0. The lowest BCUT2D eigenvalue weighted by Crippen LogP contribution is -2.27. The van der Waals surface area contributed by atoms with Gasteiger partial charge in [0.15, 0.2) is 0 Å². The molecule has 11 heavy (non-hydrogen) atoms. The maximum atomic E-state index is 4.97. The molecule has 0 N–H and O–H groups in total. The molecule has 0 heterocycles. The van der Waals surface area contributed by atoms with Gasteiger partial charge in [0, 0.05) is 20.2 Å². The van der Waals surface area contributed by atoms with Gasteiger partial charge in [0.05, 0.1) is 6.61 Å². The van der Waals surface area contributed by atoms with Crippen LogP contribution in [0.3, 0.4) is 0 Å². The molecule has 0 rings (SSSR count). The van der Waals surface area contributed by atoms with Crippen LogP contribution in [0, 0.1) is 12.8 Å². The first-order valence-corrected chi connectivity index (χ1v) is 4.17. The van der Waals surface area contributed by atoms with E-state index >= 15 is 0 Å². The Balaban J connectivity index is 3.27. The van der Waals surface area contributed by atoms with Gasteiger partial charge in [-0.05, 0) is 19.4 Å². The van der Waals surface area contributed by atoms with Crippen LogP contribution < -0.4 is 0 Å². The van der Waals surface area contributed by atoms with Crippen LogP contribution in [0.2, 0.25) is 0 Å². The van der Waals surface area contributed by atoms with E-state index < -0.39 is 0 Å². The third-order valence-corrected chi connectivity index (χ3v) is 1.79. The van der Waals surface area contributed by atoms with Gasteiger partial charge in [0.25, 0.3) is 0 Å². The number of methoxy groups -OCH3 is 1. The van der Waals surface area contributed by atoms with E-state index in [0.29, 0.717) is 5.92 Å². The molecule has 0 saturated carbocycles. The van der Waals surface area contributed by atoms with E-state index in [1.165, 1.54) is 0 Å². The van der Waals surface area contributed by atoms with Crippen molar-refractivity contribution in [2.45, 2.75) is 13.3 Å². The Morgan fingerprint density at radius 2 is 2.18 bits per heavy atom.